The van der Waals surface area contributed by atoms with Gasteiger partial charge in [0.1, 0.15) is 17.7 Å². The van der Waals surface area contributed by atoms with Crippen molar-refractivity contribution in [1.82, 2.24) is 10.2 Å². The Morgan fingerprint density at radius 2 is 2.10 bits per heavy atom. The molecule has 3 N–H and O–H groups in total. The SMILES string of the molecule is Nc1cc(-c2ccc(OC3CS(=O)(=O)C3)c(Cl)c2)[nH]n1. The highest BCUT2D eigenvalue weighted by Crippen LogP contribution is 2.32. The fourth-order valence-electron chi connectivity index (χ4n) is 2.01. The molecule has 1 saturated heterocycles. The Kier molecular flexibility index (Phi) is 3.10. The van der Waals surface area contributed by atoms with Crippen LogP contribution in [0.3, 0.4) is 0 Å². The van der Waals surface area contributed by atoms with E-state index >= 15 is 0 Å². The van der Waals surface area contributed by atoms with E-state index in [1.165, 1.54) is 0 Å². The molecular weight excluding hydrogens is 302 g/mol. The number of halogens is 1. The van der Waals surface area contributed by atoms with Gasteiger partial charge in [0.05, 0.1) is 22.2 Å². The number of ether oxygens (including phenoxy) is 1. The second-order valence-corrected chi connectivity index (χ2v) is 7.23. The normalized spacial score (nSPS) is 17.6. The molecule has 8 heteroatoms. The van der Waals surface area contributed by atoms with Crippen LogP contribution in [0.15, 0.2) is 24.3 Å². The van der Waals surface area contributed by atoms with Gasteiger partial charge in [-0.3, -0.25) is 5.10 Å². The first-order valence-corrected chi connectivity index (χ1v) is 8.11. The number of aromatic nitrogens is 2. The number of nitrogens with zero attached hydrogens (tertiary/aromatic N) is 1. The fraction of sp³-hybridized carbons (Fsp3) is 0.250. The van der Waals surface area contributed by atoms with Crippen molar-refractivity contribution in [2.24, 2.45) is 0 Å². The second-order valence-electron chi connectivity index (χ2n) is 4.67. The summed E-state index contributed by atoms with van der Waals surface area (Å²) in [6.45, 7) is 0. The first-order valence-electron chi connectivity index (χ1n) is 5.91. The minimum Gasteiger partial charge on any atom is -0.487 e. The molecule has 1 aromatic heterocycles. The minimum atomic E-state index is -2.91. The number of aromatic amines is 1. The van der Waals surface area contributed by atoms with Crippen molar-refractivity contribution in [1.29, 1.82) is 0 Å². The lowest BCUT2D eigenvalue weighted by Gasteiger charge is -2.26. The number of anilines is 1. The summed E-state index contributed by atoms with van der Waals surface area (Å²) in [5, 5.41) is 7.05. The number of nitrogens with one attached hydrogen (secondary N) is 1. The van der Waals surface area contributed by atoms with Crippen LogP contribution in [0.4, 0.5) is 5.82 Å². The monoisotopic (exact) mass is 313 g/mol. The number of rotatable bonds is 3. The van der Waals surface area contributed by atoms with Gasteiger partial charge in [-0.1, -0.05) is 11.6 Å². The highest BCUT2D eigenvalue weighted by atomic mass is 35.5. The summed E-state index contributed by atoms with van der Waals surface area (Å²) in [7, 11) is -2.91. The standard InChI is InChI=1S/C12H12ClN3O3S/c13-9-3-7(10-4-12(14)16-15-10)1-2-11(9)19-8-5-20(17,18)6-8/h1-4,8H,5-6H2,(H3,14,15,16). The van der Waals surface area contributed by atoms with Gasteiger partial charge in [0.2, 0.25) is 0 Å². The molecule has 0 amide bonds. The number of hydrogen-bond donors (Lipinski definition) is 2. The van der Waals surface area contributed by atoms with E-state index in [1.807, 2.05) is 0 Å². The van der Waals surface area contributed by atoms with Crippen LogP contribution < -0.4 is 10.5 Å². The highest BCUT2D eigenvalue weighted by Gasteiger charge is 2.35. The van der Waals surface area contributed by atoms with Crippen molar-refractivity contribution >= 4 is 27.3 Å². The van der Waals surface area contributed by atoms with E-state index in [-0.39, 0.29) is 17.6 Å². The Labute approximate surface area is 120 Å². The molecule has 2 aromatic rings. The average molecular weight is 314 g/mol. The Balaban J connectivity index is 1.78. The van der Waals surface area contributed by atoms with Gasteiger partial charge in [-0.2, -0.15) is 5.10 Å². The molecule has 6 nitrogen and oxygen atoms in total. The third kappa shape index (κ3) is 2.59. The van der Waals surface area contributed by atoms with Crippen LogP contribution in [0, 0.1) is 0 Å². The molecule has 1 aliphatic heterocycles. The Morgan fingerprint density at radius 1 is 1.35 bits per heavy atom. The fourth-order valence-corrected chi connectivity index (χ4v) is 3.41. The maximum Gasteiger partial charge on any atom is 0.157 e. The Hall–Kier alpha value is -1.73. The van der Waals surface area contributed by atoms with E-state index in [9.17, 15) is 8.42 Å². The Morgan fingerprint density at radius 3 is 2.65 bits per heavy atom. The topological polar surface area (TPSA) is 98.1 Å². The van der Waals surface area contributed by atoms with Gasteiger partial charge in [-0.05, 0) is 18.2 Å². The van der Waals surface area contributed by atoms with E-state index in [4.69, 9.17) is 22.1 Å². The lowest BCUT2D eigenvalue weighted by atomic mass is 10.1. The maximum atomic E-state index is 11.1. The summed E-state index contributed by atoms with van der Waals surface area (Å²) in [4.78, 5) is 0. The first kappa shape index (κ1) is 13.3. The Bertz CT molecular complexity index is 745. The number of H-pyrrole nitrogens is 1. The zero-order valence-corrected chi connectivity index (χ0v) is 11.9. The summed E-state index contributed by atoms with van der Waals surface area (Å²) in [5.41, 5.74) is 7.12. The lowest BCUT2D eigenvalue weighted by molar-refractivity contribution is 0.230. The van der Waals surface area contributed by atoms with Crippen LogP contribution in [0.2, 0.25) is 5.02 Å². The van der Waals surface area contributed by atoms with E-state index in [1.54, 1.807) is 24.3 Å². The van der Waals surface area contributed by atoms with Crippen LogP contribution in [0.5, 0.6) is 5.75 Å². The molecule has 0 bridgehead atoms. The minimum absolute atomic E-state index is 0.0438. The van der Waals surface area contributed by atoms with Gasteiger partial charge < -0.3 is 10.5 Å². The number of nitrogens with two attached hydrogens (primary N) is 1. The van der Waals surface area contributed by atoms with E-state index in [2.05, 4.69) is 10.2 Å². The van der Waals surface area contributed by atoms with Crippen LogP contribution in [0.1, 0.15) is 0 Å². The summed E-state index contributed by atoms with van der Waals surface area (Å²) < 4.78 is 27.7. The van der Waals surface area contributed by atoms with E-state index in [0.717, 1.165) is 11.3 Å². The predicted molar refractivity (Wildman–Crippen MR) is 76.5 cm³/mol. The van der Waals surface area contributed by atoms with Gasteiger partial charge in [0.25, 0.3) is 0 Å². The largest absolute Gasteiger partial charge is 0.487 e. The molecular formula is C12H12ClN3O3S. The van der Waals surface area contributed by atoms with Crippen LogP contribution in [-0.2, 0) is 9.84 Å². The molecule has 1 aliphatic rings. The number of sulfone groups is 1. The van der Waals surface area contributed by atoms with Gasteiger partial charge in [0, 0.05) is 11.6 Å². The van der Waals surface area contributed by atoms with Gasteiger partial charge in [-0.15, -0.1) is 0 Å². The lowest BCUT2D eigenvalue weighted by Crippen LogP contribution is -2.45. The smallest absolute Gasteiger partial charge is 0.157 e. The molecule has 1 fully saturated rings. The summed E-state index contributed by atoms with van der Waals surface area (Å²) >= 11 is 6.14. The molecule has 20 heavy (non-hydrogen) atoms. The van der Waals surface area contributed by atoms with Crippen molar-refractivity contribution in [3.8, 4) is 17.0 Å². The third-order valence-electron chi connectivity index (χ3n) is 3.01. The number of hydrogen-bond acceptors (Lipinski definition) is 5. The average Bonchev–Trinajstić information content (AvgIpc) is 2.76. The van der Waals surface area contributed by atoms with Crippen molar-refractivity contribution in [2.45, 2.75) is 6.10 Å². The zero-order chi connectivity index (χ0) is 14.3. The molecule has 3 rings (SSSR count). The highest BCUT2D eigenvalue weighted by molar-refractivity contribution is 7.92. The molecule has 0 aliphatic carbocycles. The van der Waals surface area contributed by atoms with Crippen molar-refractivity contribution in [2.75, 3.05) is 17.2 Å². The summed E-state index contributed by atoms with van der Waals surface area (Å²) in [6.07, 6.45) is -0.314. The molecule has 2 heterocycles. The van der Waals surface area contributed by atoms with Gasteiger partial charge >= 0.3 is 0 Å². The quantitative estimate of drug-likeness (QED) is 0.894. The van der Waals surface area contributed by atoms with E-state index in [0.29, 0.717) is 16.6 Å². The van der Waals surface area contributed by atoms with Gasteiger partial charge in [0.15, 0.2) is 9.84 Å². The number of nitrogen functional groups attached to an aromatic ring is 1. The number of benzene rings is 1. The van der Waals surface area contributed by atoms with Crippen LogP contribution >= 0.6 is 11.6 Å². The molecule has 0 unspecified atom stereocenters. The van der Waals surface area contributed by atoms with Crippen molar-refractivity contribution < 1.29 is 13.2 Å². The van der Waals surface area contributed by atoms with Crippen LogP contribution in [0.25, 0.3) is 11.3 Å². The molecule has 0 spiro atoms. The van der Waals surface area contributed by atoms with Crippen LogP contribution in [-0.4, -0.2) is 36.2 Å². The predicted octanol–water partition coefficient (Wildman–Crippen LogP) is 1.49. The summed E-state index contributed by atoms with van der Waals surface area (Å²) in [6, 6.07) is 6.93. The first-order chi connectivity index (χ1) is 9.43. The van der Waals surface area contributed by atoms with Gasteiger partial charge in [-0.25, -0.2) is 8.42 Å². The molecule has 0 atom stereocenters. The van der Waals surface area contributed by atoms with Crippen molar-refractivity contribution in [3.05, 3.63) is 29.3 Å². The zero-order valence-electron chi connectivity index (χ0n) is 10.3. The molecule has 0 saturated carbocycles. The molecule has 106 valence electrons. The summed E-state index contributed by atoms with van der Waals surface area (Å²) in [5.74, 6) is 0.962. The third-order valence-corrected chi connectivity index (χ3v) is 5.07. The molecule has 0 radical (unpaired) electrons. The van der Waals surface area contributed by atoms with Crippen molar-refractivity contribution in [3.63, 3.8) is 0 Å². The second kappa shape index (κ2) is 4.68. The molecule has 1 aromatic carbocycles. The van der Waals surface area contributed by atoms with E-state index < -0.39 is 9.84 Å². The maximum absolute atomic E-state index is 11.1.